The molecule has 4 saturated heterocycles. The first-order valence-corrected chi connectivity index (χ1v) is 9.91. The zero-order valence-electron chi connectivity index (χ0n) is 15.9. The fourth-order valence-electron chi connectivity index (χ4n) is 5.66. The van der Waals surface area contributed by atoms with Crippen LogP contribution in [0.15, 0.2) is 41.0 Å². The zero-order valence-corrected chi connectivity index (χ0v) is 15.9. The van der Waals surface area contributed by atoms with Gasteiger partial charge in [0, 0.05) is 24.1 Å². The van der Waals surface area contributed by atoms with Crippen molar-refractivity contribution in [1.82, 2.24) is 9.80 Å². The number of rotatable bonds is 3. The molecule has 0 N–H and O–H groups in total. The van der Waals surface area contributed by atoms with Crippen molar-refractivity contribution in [2.45, 2.75) is 37.8 Å². The highest BCUT2D eigenvalue weighted by Crippen LogP contribution is 2.48. The van der Waals surface area contributed by atoms with Crippen molar-refractivity contribution >= 4 is 5.91 Å². The van der Waals surface area contributed by atoms with E-state index in [0.717, 1.165) is 25.4 Å². The van der Waals surface area contributed by atoms with Crippen LogP contribution in [0.25, 0.3) is 0 Å². The highest BCUT2D eigenvalue weighted by Gasteiger charge is 2.55. The van der Waals surface area contributed by atoms with Gasteiger partial charge in [0.1, 0.15) is 11.5 Å². The Kier molecular flexibility index (Phi) is 4.01. The highest BCUT2D eigenvalue weighted by atomic mass is 16.5. The van der Waals surface area contributed by atoms with E-state index in [4.69, 9.17) is 9.15 Å². The van der Waals surface area contributed by atoms with Crippen LogP contribution < -0.4 is 4.74 Å². The summed E-state index contributed by atoms with van der Waals surface area (Å²) >= 11 is 0. The number of carbonyl (C=O) groups is 1. The first-order chi connectivity index (χ1) is 13.2. The van der Waals surface area contributed by atoms with Gasteiger partial charge in [0.05, 0.1) is 25.0 Å². The van der Waals surface area contributed by atoms with Crippen molar-refractivity contribution < 1.29 is 13.9 Å². The number of furan rings is 1. The molecular formula is C22H26N2O3. The lowest BCUT2D eigenvalue weighted by Gasteiger charge is -2.51. The van der Waals surface area contributed by atoms with E-state index < -0.39 is 0 Å². The Labute approximate surface area is 159 Å². The van der Waals surface area contributed by atoms with Gasteiger partial charge in [-0.1, -0.05) is 18.2 Å². The third-order valence-electron chi connectivity index (χ3n) is 6.88. The van der Waals surface area contributed by atoms with Crippen LogP contribution in [0, 0.1) is 12.8 Å². The summed E-state index contributed by atoms with van der Waals surface area (Å²) in [6, 6.07) is 10.8. The number of carbonyl (C=O) groups excluding carboxylic acids is 1. The van der Waals surface area contributed by atoms with Gasteiger partial charge in [-0.2, -0.15) is 0 Å². The lowest BCUT2D eigenvalue weighted by Crippen LogP contribution is -2.60. The summed E-state index contributed by atoms with van der Waals surface area (Å²) in [7, 11) is 1.73. The van der Waals surface area contributed by atoms with E-state index in [-0.39, 0.29) is 17.9 Å². The van der Waals surface area contributed by atoms with Crippen LogP contribution in [0.2, 0.25) is 0 Å². The number of methoxy groups -OCH3 is 1. The van der Waals surface area contributed by atoms with E-state index in [1.54, 1.807) is 13.4 Å². The predicted molar refractivity (Wildman–Crippen MR) is 102 cm³/mol. The highest BCUT2D eigenvalue weighted by molar-refractivity contribution is 5.95. The number of fused-ring (bicyclic) bond motifs is 2. The number of hydrogen-bond donors (Lipinski definition) is 0. The monoisotopic (exact) mass is 366 g/mol. The standard InChI is InChI=1S/C22H26N2O3/c1-14-16(9-12-27-14)22(25)24-13-18(17-5-3-4-6-19(17)26-2)21-20(24)15-7-10-23(21)11-8-15/h3-6,9,12,15,18,20-21H,7-8,10-11,13H2,1-2H3/t18-,20-,21-/m1/s1. The van der Waals surface area contributed by atoms with Crippen molar-refractivity contribution in [3.8, 4) is 5.75 Å². The molecule has 2 bridgehead atoms. The number of aryl methyl sites for hydroxylation is 1. The molecule has 4 aliphatic rings. The lowest BCUT2D eigenvalue weighted by molar-refractivity contribution is -0.00355. The van der Waals surface area contributed by atoms with Gasteiger partial charge in [-0.25, -0.2) is 0 Å². The topological polar surface area (TPSA) is 45.9 Å². The molecule has 5 nitrogen and oxygen atoms in total. The molecule has 0 aliphatic carbocycles. The molecule has 6 rings (SSSR count). The second-order valence-electron chi connectivity index (χ2n) is 8.05. The minimum Gasteiger partial charge on any atom is -0.496 e. The molecule has 0 radical (unpaired) electrons. The predicted octanol–water partition coefficient (Wildman–Crippen LogP) is 3.30. The van der Waals surface area contributed by atoms with Gasteiger partial charge in [0.15, 0.2) is 0 Å². The summed E-state index contributed by atoms with van der Waals surface area (Å²) in [4.78, 5) is 18.2. The third kappa shape index (κ3) is 2.52. The van der Waals surface area contributed by atoms with E-state index in [9.17, 15) is 4.79 Å². The van der Waals surface area contributed by atoms with Crippen LogP contribution in [-0.4, -0.2) is 54.5 Å². The summed E-state index contributed by atoms with van der Waals surface area (Å²) in [6.07, 6.45) is 3.99. The van der Waals surface area contributed by atoms with E-state index >= 15 is 0 Å². The first-order valence-electron chi connectivity index (χ1n) is 9.91. The Morgan fingerprint density at radius 2 is 1.93 bits per heavy atom. The van der Waals surface area contributed by atoms with Crippen LogP contribution >= 0.6 is 0 Å². The summed E-state index contributed by atoms with van der Waals surface area (Å²) in [5, 5.41) is 0. The van der Waals surface area contributed by atoms with Crippen LogP contribution in [0.3, 0.4) is 0 Å². The Morgan fingerprint density at radius 1 is 1.15 bits per heavy atom. The van der Waals surface area contributed by atoms with Crippen LogP contribution in [0.1, 0.15) is 40.4 Å². The molecule has 4 aliphatic heterocycles. The number of para-hydroxylation sites is 1. The number of piperidine rings is 3. The van der Waals surface area contributed by atoms with Crippen LogP contribution in [0.5, 0.6) is 5.75 Å². The summed E-state index contributed by atoms with van der Waals surface area (Å²) < 4.78 is 11.1. The van der Waals surface area contributed by atoms with Crippen molar-refractivity contribution in [3.05, 3.63) is 53.5 Å². The molecule has 4 fully saturated rings. The SMILES string of the molecule is COc1ccccc1[C@H]1CN(C(=O)c2ccoc2C)[C@@H]2C3CCN(CC3)[C@H]12. The number of hydrogen-bond acceptors (Lipinski definition) is 4. The number of amides is 1. The van der Waals surface area contributed by atoms with Gasteiger partial charge < -0.3 is 14.1 Å². The average Bonchev–Trinajstić information content (AvgIpc) is 3.33. The van der Waals surface area contributed by atoms with Crippen LogP contribution in [0.4, 0.5) is 0 Å². The summed E-state index contributed by atoms with van der Waals surface area (Å²) in [5.74, 6) is 2.62. The Balaban J connectivity index is 1.56. The maximum absolute atomic E-state index is 13.4. The minimum atomic E-state index is 0.113. The van der Waals surface area contributed by atoms with E-state index in [1.165, 1.54) is 18.4 Å². The summed E-state index contributed by atoms with van der Waals surface area (Å²) in [6.45, 7) is 4.90. The second-order valence-corrected chi connectivity index (χ2v) is 8.05. The van der Waals surface area contributed by atoms with E-state index in [1.807, 2.05) is 25.1 Å². The summed E-state index contributed by atoms with van der Waals surface area (Å²) in [5.41, 5.74) is 1.92. The number of likely N-dealkylation sites (tertiary alicyclic amines) is 1. The molecule has 5 heterocycles. The van der Waals surface area contributed by atoms with E-state index in [2.05, 4.69) is 21.9 Å². The molecule has 0 spiro atoms. The van der Waals surface area contributed by atoms with Crippen molar-refractivity contribution in [2.75, 3.05) is 26.7 Å². The molecule has 2 aromatic rings. The Bertz CT molecular complexity index is 853. The quantitative estimate of drug-likeness (QED) is 0.836. The third-order valence-corrected chi connectivity index (χ3v) is 6.88. The van der Waals surface area contributed by atoms with Gasteiger partial charge in [0.2, 0.25) is 0 Å². The van der Waals surface area contributed by atoms with Crippen LogP contribution in [-0.2, 0) is 0 Å². The van der Waals surface area contributed by atoms with E-state index in [0.29, 0.717) is 23.3 Å². The smallest absolute Gasteiger partial charge is 0.257 e. The number of ether oxygens (including phenoxy) is 1. The zero-order chi connectivity index (χ0) is 18.5. The van der Waals surface area contributed by atoms with Gasteiger partial charge in [-0.15, -0.1) is 0 Å². The van der Waals surface area contributed by atoms with Gasteiger partial charge in [0.25, 0.3) is 5.91 Å². The van der Waals surface area contributed by atoms with Gasteiger partial charge >= 0.3 is 0 Å². The van der Waals surface area contributed by atoms with Gasteiger partial charge in [-0.05, 0) is 50.9 Å². The molecule has 0 saturated carbocycles. The fraction of sp³-hybridized carbons (Fsp3) is 0.500. The molecule has 5 heteroatoms. The van der Waals surface area contributed by atoms with Crippen molar-refractivity contribution in [2.24, 2.45) is 5.92 Å². The first kappa shape index (κ1) is 16.9. The van der Waals surface area contributed by atoms with Gasteiger partial charge in [-0.3, -0.25) is 9.69 Å². The molecule has 0 unspecified atom stereocenters. The maximum atomic E-state index is 13.4. The molecule has 3 atom stereocenters. The number of benzene rings is 1. The number of nitrogens with zero attached hydrogens (tertiary/aromatic N) is 2. The normalized spacial score (nSPS) is 31.8. The molecular weight excluding hydrogens is 340 g/mol. The van der Waals surface area contributed by atoms with Crippen molar-refractivity contribution in [3.63, 3.8) is 0 Å². The molecule has 1 aromatic carbocycles. The second kappa shape index (κ2) is 6.41. The molecule has 27 heavy (non-hydrogen) atoms. The molecule has 142 valence electrons. The largest absolute Gasteiger partial charge is 0.496 e. The lowest BCUT2D eigenvalue weighted by atomic mass is 9.75. The average molecular weight is 366 g/mol. The van der Waals surface area contributed by atoms with Crippen molar-refractivity contribution in [1.29, 1.82) is 0 Å². The maximum Gasteiger partial charge on any atom is 0.257 e. The fourth-order valence-corrected chi connectivity index (χ4v) is 5.66. The Hall–Kier alpha value is -2.27. The minimum absolute atomic E-state index is 0.113. The molecule has 1 aromatic heterocycles. The Morgan fingerprint density at radius 3 is 2.63 bits per heavy atom. The molecule has 1 amide bonds.